The van der Waals surface area contributed by atoms with Crippen LogP contribution in [0.15, 0.2) is 97.1 Å². The van der Waals surface area contributed by atoms with Gasteiger partial charge in [-0.2, -0.15) is 52.7 Å². The molecule has 41 heavy (non-hydrogen) atoms. The minimum atomic E-state index is -4.76. The molecular weight excluding hydrogens is 592 g/mol. The van der Waals surface area contributed by atoms with E-state index in [9.17, 15) is 52.7 Å². The lowest BCUT2D eigenvalue weighted by Crippen LogP contribution is -2.74. The largest absolute Gasteiger partial charge is 0.416 e. The average molecular weight is 608 g/mol. The summed E-state index contributed by atoms with van der Waals surface area (Å²) in [6.07, 6.45) is -19.1. The van der Waals surface area contributed by atoms with Gasteiger partial charge >= 0.3 is 24.7 Å². The molecule has 0 aromatic heterocycles. The van der Waals surface area contributed by atoms with Gasteiger partial charge < -0.3 is 0 Å². The van der Waals surface area contributed by atoms with Gasteiger partial charge in [-0.15, -0.1) is 0 Å². The second-order valence-corrected chi connectivity index (χ2v) is 12.9. The molecule has 216 valence electrons. The van der Waals surface area contributed by atoms with Crippen LogP contribution in [-0.2, 0) is 24.7 Å². The van der Waals surface area contributed by atoms with Gasteiger partial charge in [0.15, 0.2) is 8.07 Å². The minimum Gasteiger partial charge on any atom is -0.166 e. The van der Waals surface area contributed by atoms with Crippen molar-refractivity contribution >= 4 is 28.8 Å². The van der Waals surface area contributed by atoms with Gasteiger partial charge in [0.2, 0.25) is 0 Å². The summed E-state index contributed by atoms with van der Waals surface area (Å²) in [5, 5.41) is 0.351. The molecule has 0 fully saturated rings. The summed E-state index contributed by atoms with van der Waals surface area (Å²) >= 11 is 0. The maximum atomic E-state index is 13.3. The van der Waals surface area contributed by atoms with Crippen LogP contribution in [0.1, 0.15) is 22.3 Å². The van der Waals surface area contributed by atoms with Crippen LogP contribution in [0.5, 0.6) is 0 Å². The molecular formula is C28H16F12Si. The quantitative estimate of drug-likeness (QED) is 0.131. The molecule has 0 aliphatic heterocycles. The van der Waals surface area contributed by atoms with E-state index in [1.165, 1.54) is 0 Å². The third kappa shape index (κ3) is 5.99. The molecule has 0 saturated carbocycles. The molecule has 0 heterocycles. The van der Waals surface area contributed by atoms with Gasteiger partial charge in [-0.3, -0.25) is 0 Å². The van der Waals surface area contributed by atoms with Gasteiger partial charge in [0.25, 0.3) is 0 Å². The Kier molecular flexibility index (Phi) is 7.57. The first-order valence-electron chi connectivity index (χ1n) is 11.6. The highest BCUT2D eigenvalue weighted by Gasteiger charge is 2.44. The van der Waals surface area contributed by atoms with E-state index in [1.807, 2.05) is 0 Å². The lowest BCUT2D eigenvalue weighted by Gasteiger charge is -2.35. The monoisotopic (exact) mass is 608 g/mol. The molecule has 0 saturated heterocycles. The summed E-state index contributed by atoms with van der Waals surface area (Å²) in [7, 11) is -4.10. The second-order valence-electron chi connectivity index (χ2n) is 9.05. The van der Waals surface area contributed by atoms with Gasteiger partial charge in [0.05, 0.1) is 22.3 Å². The zero-order valence-electron chi connectivity index (χ0n) is 20.3. The van der Waals surface area contributed by atoms with Crippen LogP contribution in [0.4, 0.5) is 52.7 Å². The van der Waals surface area contributed by atoms with E-state index < -0.39 is 55.0 Å². The molecule has 0 aliphatic carbocycles. The van der Waals surface area contributed by atoms with Crippen LogP contribution in [0.25, 0.3) is 0 Å². The summed E-state index contributed by atoms with van der Waals surface area (Å²) in [4.78, 5) is 0. The standard InChI is InChI=1S/C28H16F12Si/c29-25(30,31)17-1-9-21(10-2-17)41(22-11-3-18(4-12-22)26(32,33)34,23-13-5-19(6-14-23)27(35,36)37)24-15-7-20(8-16-24)28(38,39)40/h1-16H. The Morgan fingerprint density at radius 1 is 0.268 bits per heavy atom. The fraction of sp³-hybridized carbons (Fsp3) is 0.143. The Labute approximate surface area is 225 Å². The van der Waals surface area contributed by atoms with E-state index in [0.717, 1.165) is 48.5 Å². The molecule has 0 radical (unpaired) electrons. The van der Waals surface area contributed by atoms with Crippen LogP contribution >= 0.6 is 0 Å². The molecule has 13 heteroatoms. The van der Waals surface area contributed by atoms with Crippen LogP contribution in [0, 0.1) is 0 Å². The van der Waals surface area contributed by atoms with Crippen molar-refractivity contribution in [1.29, 1.82) is 0 Å². The van der Waals surface area contributed by atoms with Gasteiger partial charge in [0, 0.05) is 0 Å². The molecule has 4 rings (SSSR count). The lowest BCUT2D eigenvalue weighted by atomic mass is 10.2. The van der Waals surface area contributed by atoms with Crippen molar-refractivity contribution in [2.24, 2.45) is 0 Å². The second kappa shape index (κ2) is 10.3. The van der Waals surface area contributed by atoms with Crippen molar-refractivity contribution in [3.8, 4) is 0 Å². The minimum absolute atomic E-state index is 0.0878. The third-order valence-electron chi connectivity index (χ3n) is 6.58. The first-order valence-corrected chi connectivity index (χ1v) is 13.6. The van der Waals surface area contributed by atoms with E-state index in [0.29, 0.717) is 48.5 Å². The first kappa shape index (κ1) is 30.2. The van der Waals surface area contributed by atoms with Crippen molar-refractivity contribution in [2.45, 2.75) is 24.7 Å². The number of benzene rings is 4. The van der Waals surface area contributed by atoms with Crippen LogP contribution in [0.2, 0.25) is 0 Å². The number of hydrogen-bond acceptors (Lipinski definition) is 0. The van der Waals surface area contributed by atoms with E-state index in [-0.39, 0.29) is 20.7 Å². The number of alkyl halides is 12. The van der Waals surface area contributed by atoms with Crippen LogP contribution in [0.3, 0.4) is 0 Å². The summed E-state index contributed by atoms with van der Waals surface area (Å²) in [5.41, 5.74) is -4.29. The zero-order valence-corrected chi connectivity index (χ0v) is 21.3. The number of rotatable bonds is 4. The smallest absolute Gasteiger partial charge is 0.166 e. The third-order valence-corrected chi connectivity index (χ3v) is 11.4. The first-order chi connectivity index (χ1) is 18.8. The average Bonchev–Trinajstić information content (AvgIpc) is 2.88. The predicted octanol–water partition coefficient (Wildman–Crippen LogP) is 7.14. The molecule has 4 aromatic carbocycles. The maximum Gasteiger partial charge on any atom is 0.416 e. The Bertz CT molecular complexity index is 1240. The van der Waals surface area contributed by atoms with Crippen molar-refractivity contribution in [1.82, 2.24) is 0 Å². The predicted molar refractivity (Wildman–Crippen MR) is 130 cm³/mol. The Morgan fingerprint density at radius 2 is 0.415 bits per heavy atom. The highest BCUT2D eigenvalue weighted by atomic mass is 28.3. The summed E-state index contributed by atoms with van der Waals surface area (Å²) < 4.78 is 160. The van der Waals surface area contributed by atoms with Crippen molar-refractivity contribution in [3.63, 3.8) is 0 Å². The summed E-state index contributed by atoms with van der Waals surface area (Å²) in [6, 6.07) is 14.0. The fourth-order valence-corrected chi connectivity index (χ4v) is 9.30. The highest BCUT2D eigenvalue weighted by Crippen LogP contribution is 2.32. The maximum absolute atomic E-state index is 13.3. The summed E-state index contributed by atoms with van der Waals surface area (Å²) in [6.45, 7) is 0. The van der Waals surface area contributed by atoms with E-state index in [4.69, 9.17) is 0 Å². The van der Waals surface area contributed by atoms with E-state index in [1.54, 1.807) is 0 Å². The highest BCUT2D eigenvalue weighted by molar-refractivity contribution is 7.19. The van der Waals surface area contributed by atoms with Gasteiger partial charge in [-0.1, -0.05) is 97.1 Å². The fourth-order valence-electron chi connectivity index (χ4n) is 4.64. The van der Waals surface area contributed by atoms with Crippen molar-refractivity contribution in [2.75, 3.05) is 0 Å². The Morgan fingerprint density at radius 3 is 0.537 bits per heavy atom. The number of hydrogen-bond donors (Lipinski definition) is 0. The molecule has 0 unspecified atom stereocenters. The van der Waals surface area contributed by atoms with E-state index >= 15 is 0 Å². The lowest BCUT2D eigenvalue weighted by molar-refractivity contribution is -0.138. The molecule has 0 aliphatic rings. The van der Waals surface area contributed by atoms with Gasteiger partial charge in [-0.05, 0) is 20.7 Å². The molecule has 0 atom stereocenters. The molecule has 4 aromatic rings. The molecule has 0 amide bonds. The normalized spacial score (nSPS) is 13.4. The zero-order chi connectivity index (χ0) is 30.4. The van der Waals surface area contributed by atoms with Crippen molar-refractivity contribution < 1.29 is 52.7 Å². The molecule has 0 spiro atoms. The molecule has 0 bridgehead atoms. The van der Waals surface area contributed by atoms with Crippen LogP contribution in [-0.4, -0.2) is 8.07 Å². The molecule has 0 nitrogen and oxygen atoms in total. The Balaban J connectivity index is 2.09. The van der Waals surface area contributed by atoms with Crippen molar-refractivity contribution in [3.05, 3.63) is 119 Å². The Hall–Kier alpha value is -3.74. The molecule has 0 N–H and O–H groups in total. The number of halogens is 12. The topological polar surface area (TPSA) is 0 Å². The van der Waals surface area contributed by atoms with Gasteiger partial charge in [0.1, 0.15) is 0 Å². The van der Waals surface area contributed by atoms with E-state index in [2.05, 4.69) is 0 Å². The SMILES string of the molecule is FC(F)(F)c1ccc([Si](c2ccc(C(F)(F)F)cc2)(c2ccc(C(F)(F)F)cc2)c2ccc(C(F)(F)F)cc2)cc1. The van der Waals surface area contributed by atoms with Crippen LogP contribution < -0.4 is 20.7 Å². The summed E-state index contributed by atoms with van der Waals surface area (Å²) in [5.74, 6) is 0. The van der Waals surface area contributed by atoms with Gasteiger partial charge in [-0.25, -0.2) is 0 Å².